The summed E-state index contributed by atoms with van der Waals surface area (Å²) >= 11 is 13.5. The minimum absolute atomic E-state index is 0.155. The van der Waals surface area contributed by atoms with Crippen molar-refractivity contribution in [2.24, 2.45) is 5.92 Å². The van der Waals surface area contributed by atoms with Gasteiger partial charge in [-0.1, -0.05) is 17.7 Å². The fourth-order valence-electron chi connectivity index (χ4n) is 4.61. The Hall–Kier alpha value is -0.510. The summed E-state index contributed by atoms with van der Waals surface area (Å²) in [5, 5.41) is 12.9. The molecule has 2 aromatic rings. The van der Waals surface area contributed by atoms with Crippen molar-refractivity contribution in [3.8, 4) is 0 Å². The van der Waals surface area contributed by atoms with Gasteiger partial charge in [-0.2, -0.15) is 0 Å². The Morgan fingerprint density at radius 1 is 1.24 bits per heavy atom. The topological polar surface area (TPSA) is 70.5 Å². The lowest BCUT2D eigenvalue weighted by atomic mass is 9.72. The molecule has 0 bridgehead atoms. The summed E-state index contributed by atoms with van der Waals surface area (Å²) < 4.78 is 27.0. The van der Waals surface area contributed by atoms with Crippen LogP contribution < -0.4 is 0 Å². The number of aromatic nitrogens is 1. The molecule has 2 heterocycles. The standard InChI is InChI=1S/C20H21Br2ClN2O3S/c1-29(27,28)25-8-6-13(7-9-25)20(26)16-4-5-17(23)18(22)15(16)3-2-12-10-14(21)11-24-19(12)20/h4-5,10-11,13,26H,2-3,6-9H2,1H3. The lowest BCUT2D eigenvalue weighted by molar-refractivity contribution is -0.00939. The van der Waals surface area contributed by atoms with E-state index in [2.05, 4.69) is 36.8 Å². The Labute approximate surface area is 192 Å². The zero-order valence-corrected chi connectivity index (χ0v) is 20.6. The minimum Gasteiger partial charge on any atom is -0.378 e. The van der Waals surface area contributed by atoms with Gasteiger partial charge in [0.2, 0.25) is 10.0 Å². The maximum atomic E-state index is 12.3. The summed E-state index contributed by atoms with van der Waals surface area (Å²) in [6.45, 7) is 0.781. The van der Waals surface area contributed by atoms with Gasteiger partial charge in [0.15, 0.2) is 0 Å². The molecule has 1 aromatic heterocycles. The summed E-state index contributed by atoms with van der Waals surface area (Å²) in [5.41, 5.74) is 2.14. The number of aliphatic hydroxyl groups is 1. The van der Waals surface area contributed by atoms with Crippen molar-refractivity contribution >= 4 is 53.5 Å². The Balaban J connectivity index is 1.86. The number of fused-ring (bicyclic) bond motifs is 2. The molecular formula is C20H21Br2ClN2O3S. The third-order valence-electron chi connectivity index (χ3n) is 6.06. The molecule has 156 valence electrons. The smallest absolute Gasteiger partial charge is 0.211 e. The Bertz CT molecular complexity index is 1070. The third-order valence-corrected chi connectivity index (χ3v) is 9.24. The second-order valence-corrected chi connectivity index (χ2v) is 11.8. The normalized spacial score (nSPS) is 23.3. The number of nitrogens with zero attached hydrogens (tertiary/aromatic N) is 2. The van der Waals surface area contributed by atoms with Gasteiger partial charge in [-0.05, 0) is 86.4 Å². The molecule has 0 saturated carbocycles. The highest BCUT2D eigenvalue weighted by atomic mass is 79.9. The molecule has 5 nitrogen and oxygen atoms in total. The van der Waals surface area contributed by atoms with Crippen molar-refractivity contribution in [1.82, 2.24) is 9.29 Å². The van der Waals surface area contributed by atoms with Crippen molar-refractivity contribution < 1.29 is 13.5 Å². The monoisotopic (exact) mass is 562 g/mol. The Morgan fingerprint density at radius 3 is 2.59 bits per heavy atom. The van der Waals surface area contributed by atoms with E-state index in [1.54, 1.807) is 12.3 Å². The highest BCUT2D eigenvalue weighted by Gasteiger charge is 2.47. The first-order chi connectivity index (χ1) is 13.6. The predicted octanol–water partition coefficient (Wildman–Crippen LogP) is 4.27. The van der Waals surface area contributed by atoms with Crippen LogP contribution >= 0.6 is 43.5 Å². The number of sulfonamides is 1. The van der Waals surface area contributed by atoms with Gasteiger partial charge in [0, 0.05) is 34.1 Å². The van der Waals surface area contributed by atoms with E-state index in [0.29, 0.717) is 36.6 Å². The van der Waals surface area contributed by atoms with Crippen LogP contribution in [0.2, 0.25) is 5.02 Å². The quantitative estimate of drug-likeness (QED) is 0.592. The van der Waals surface area contributed by atoms with Crippen LogP contribution in [0.5, 0.6) is 0 Å². The number of hydrogen-bond donors (Lipinski definition) is 1. The first kappa shape index (κ1) is 21.7. The average molecular weight is 565 g/mol. The molecule has 4 rings (SSSR count). The summed E-state index contributed by atoms with van der Waals surface area (Å²) in [6, 6.07) is 5.70. The maximum Gasteiger partial charge on any atom is 0.211 e. The second-order valence-electron chi connectivity index (χ2n) is 7.75. The highest BCUT2D eigenvalue weighted by molar-refractivity contribution is 9.10. The van der Waals surface area contributed by atoms with E-state index in [9.17, 15) is 13.5 Å². The highest BCUT2D eigenvalue weighted by Crippen LogP contribution is 2.48. The number of benzene rings is 1. The van der Waals surface area contributed by atoms with E-state index in [1.165, 1.54) is 10.6 Å². The van der Waals surface area contributed by atoms with Gasteiger partial charge in [-0.3, -0.25) is 4.98 Å². The van der Waals surface area contributed by atoms with Gasteiger partial charge in [0.05, 0.1) is 17.0 Å². The largest absolute Gasteiger partial charge is 0.378 e. The zero-order valence-electron chi connectivity index (χ0n) is 15.8. The molecule has 1 N–H and O–H groups in total. The maximum absolute atomic E-state index is 12.3. The summed E-state index contributed by atoms with van der Waals surface area (Å²) in [5.74, 6) is -0.155. The molecule has 1 saturated heterocycles. The van der Waals surface area contributed by atoms with Crippen molar-refractivity contribution in [2.75, 3.05) is 19.3 Å². The van der Waals surface area contributed by atoms with Gasteiger partial charge < -0.3 is 5.11 Å². The second kappa shape index (κ2) is 7.88. The minimum atomic E-state index is -3.24. The number of pyridine rings is 1. The van der Waals surface area contributed by atoms with E-state index in [-0.39, 0.29) is 5.92 Å². The van der Waals surface area contributed by atoms with Gasteiger partial charge in [0.25, 0.3) is 0 Å². The van der Waals surface area contributed by atoms with Crippen LogP contribution in [0.1, 0.15) is 35.2 Å². The molecule has 1 aliphatic carbocycles. The fraction of sp³-hybridized carbons (Fsp3) is 0.450. The van der Waals surface area contributed by atoms with Crippen LogP contribution in [0.3, 0.4) is 0 Å². The lowest BCUT2D eigenvalue weighted by Crippen LogP contribution is -2.46. The lowest BCUT2D eigenvalue weighted by Gasteiger charge is -2.41. The molecule has 1 aromatic carbocycles. The van der Waals surface area contributed by atoms with E-state index in [4.69, 9.17) is 11.6 Å². The first-order valence-corrected chi connectivity index (χ1v) is 13.2. The predicted molar refractivity (Wildman–Crippen MR) is 121 cm³/mol. The molecule has 1 fully saturated rings. The molecule has 0 spiro atoms. The molecule has 1 unspecified atom stereocenters. The third kappa shape index (κ3) is 3.81. The van der Waals surface area contributed by atoms with Gasteiger partial charge >= 0.3 is 0 Å². The van der Waals surface area contributed by atoms with Crippen LogP contribution in [0, 0.1) is 5.92 Å². The molecule has 1 aliphatic heterocycles. The molecule has 2 aliphatic rings. The average Bonchev–Trinajstić information content (AvgIpc) is 2.80. The summed E-state index contributed by atoms with van der Waals surface area (Å²) in [6.07, 6.45) is 5.52. The van der Waals surface area contributed by atoms with E-state index in [1.807, 2.05) is 12.1 Å². The summed E-state index contributed by atoms with van der Waals surface area (Å²) in [4.78, 5) is 4.65. The van der Waals surface area contributed by atoms with Gasteiger partial charge in [-0.15, -0.1) is 0 Å². The van der Waals surface area contributed by atoms with Crippen LogP contribution in [0.4, 0.5) is 0 Å². The van der Waals surface area contributed by atoms with Gasteiger partial charge in [0.1, 0.15) is 5.60 Å². The number of hydrogen-bond acceptors (Lipinski definition) is 4. The fourth-order valence-corrected chi connectivity index (χ4v) is 6.59. The zero-order chi connectivity index (χ0) is 21.0. The molecule has 1 atom stereocenters. The Morgan fingerprint density at radius 2 is 1.93 bits per heavy atom. The molecule has 0 amide bonds. The van der Waals surface area contributed by atoms with E-state index < -0.39 is 15.6 Å². The van der Waals surface area contributed by atoms with Crippen molar-refractivity contribution in [1.29, 1.82) is 0 Å². The first-order valence-electron chi connectivity index (χ1n) is 9.42. The van der Waals surface area contributed by atoms with Crippen molar-refractivity contribution in [3.05, 3.63) is 60.7 Å². The number of piperidine rings is 1. The van der Waals surface area contributed by atoms with Crippen molar-refractivity contribution in [2.45, 2.75) is 31.3 Å². The van der Waals surface area contributed by atoms with Gasteiger partial charge in [-0.25, -0.2) is 12.7 Å². The van der Waals surface area contributed by atoms with Crippen molar-refractivity contribution in [3.63, 3.8) is 0 Å². The van der Waals surface area contributed by atoms with E-state index >= 15 is 0 Å². The van der Waals surface area contributed by atoms with Crippen LogP contribution in [0.15, 0.2) is 33.3 Å². The Kier molecular flexibility index (Phi) is 5.90. The SMILES string of the molecule is CS(=O)(=O)N1CCC(C2(O)c3ccc(Cl)c(Br)c3CCc3cc(Br)cnc32)CC1. The van der Waals surface area contributed by atoms with Crippen LogP contribution in [-0.4, -0.2) is 42.2 Å². The molecule has 29 heavy (non-hydrogen) atoms. The summed E-state index contributed by atoms with van der Waals surface area (Å²) in [7, 11) is -3.24. The molecular weight excluding hydrogens is 544 g/mol. The van der Waals surface area contributed by atoms with Crippen LogP contribution in [-0.2, 0) is 28.5 Å². The molecule has 0 radical (unpaired) electrons. The number of rotatable bonds is 2. The number of halogens is 3. The van der Waals surface area contributed by atoms with E-state index in [0.717, 1.165) is 38.5 Å². The number of aryl methyl sites for hydroxylation is 1. The van der Waals surface area contributed by atoms with Crippen LogP contribution in [0.25, 0.3) is 0 Å². The molecule has 9 heteroatoms.